The monoisotopic (exact) mass is 371 g/mol. The number of aliphatic imine (C=N–C) groups is 1. The van der Waals surface area contributed by atoms with Crippen LogP contribution in [0.5, 0.6) is 0 Å². The Hall–Kier alpha value is -0.890. The number of nitrogens with zero attached hydrogens (tertiary/aromatic N) is 3. The summed E-state index contributed by atoms with van der Waals surface area (Å²) in [5.74, 6) is 1.50. The Morgan fingerprint density at radius 1 is 1.23 bits per heavy atom. The summed E-state index contributed by atoms with van der Waals surface area (Å²) in [6.07, 6.45) is 1.09. The highest BCUT2D eigenvalue weighted by atomic mass is 16.5. The molecule has 0 amide bonds. The van der Waals surface area contributed by atoms with E-state index in [1.807, 2.05) is 0 Å². The molecule has 0 aromatic heterocycles. The van der Waals surface area contributed by atoms with E-state index in [0.717, 1.165) is 78.0 Å². The smallest absolute Gasteiger partial charge is 0.191 e. The van der Waals surface area contributed by atoms with Crippen LogP contribution in [0.1, 0.15) is 27.2 Å². The van der Waals surface area contributed by atoms with E-state index in [1.54, 1.807) is 7.11 Å². The zero-order valence-electron chi connectivity index (χ0n) is 17.6. The van der Waals surface area contributed by atoms with E-state index in [4.69, 9.17) is 14.5 Å². The molecular weight excluding hydrogens is 330 g/mol. The van der Waals surface area contributed by atoms with Crippen LogP contribution in [0.3, 0.4) is 0 Å². The number of hydrogen-bond acceptors (Lipinski definition) is 5. The van der Waals surface area contributed by atoms with Crippen molar-refractivity contribution < 1.29 is 9.47 Å². The molecule has 0 aromatic rings. The number of guanidine groups is 1. The fourth-order valence-corrected chi connectivity index (χ4v) is 3.10. The molecule has 0 spiro atoms. The second-order valence-corrected chi connectivity index (χ2v) is 7.26. The number of nitrogens with one attached hydrogen (secondary N) is 2. The number of methoxy groups -OCH3 is 1. The molecule has 0 saturated carbocycles. The number of likely N-dealkylation sites (N-methyl/N-ethyl adjacent to an activating group) is 1. The van der Waals surface area contributed by atoms with E-state index in [1.165, 1.54) is 0 Å². The molecule has 0 aromatic carbocycles. The molecule has 1 saturated heterocycles. The second-order valence-electron chi connectivity index (χ2n) is 7.26. The van der Waals surface area contributed by atoms with Gasteiger partial charge in [-0.05, 0) is 32.9 Å². The van der Waals surface area contributed by atoms with Gasteiger partial charge in [-0.2, -0.15) is 0 Å². The van der Waals surface area contributed by atoms with E-state index in [2.05, 4.69) is 48.3 Å². The zero-order chi connectivity index (χ0) is 19.2. The van der Waals surface area contributed by atoms with Crippen molar-refractivity contribution in [3.8, 4) is 0 Å². The van der Waals surface area contributed by atoms with Crippen LogP contribution in [0.25, 0.3) is 0 Å². The summed E-state index contributed by atoms with van der Waals surface area (Å²) in [5, 5.41) is 6.83. The molecule has 0 bridgehead atoms. The van der Waals surface area contributed by atoms with Crippen molar-refractivity contribution in [1.29, 1.82) is 0 Å². The van der Waals surface area contributed by atoms with Gasteiger partial charge < -0.3 is 25.0 Å². The first-order valence-corrected chi connectivity index (χ1v) is 10.1. The van der Waals surface area contributed by atoms with Gasteiger partial charge in [-0.3, -0.25) is 9.89 Å². The SMILES string of the molecule is CCNC(=NCC(C(C)C)N1CCOCC1)NCCCN(C)CCOC. The van der Waals surface area contributed by atoms with Crippen LogP contribution in [0.15, 0.2) is 4.99 Å². The first-order chi connectivity index (χ1) is 12.6. The molecule has 0 radical (unpaired) electrons. The standard InChI is InChI=1S/C19H41N5O2/c1-6-20-19(21-8-7-9-23(4)10-13-25-5)22-16-18(17(2)3)24-11-14-26-15-12-24/h17-18H,6-16H2,1-5H3,(H2,20,21,22). The summed E-state index contributed by atoms with van der Waals surface area (Å²) in [6, 6.07) is 0.467. The Morgan fingerprint density at radius 3 is 2.58 bits per heavy atom. The van der Waals surface area contributed by atoms with Gasteiger partial charge in [-0.1, -0.05) is 13.8 Å². The van der Waals surface area contributed by atoms with Crippen LogP contribution >= 0.6 is 0 Å². The van der Waals surface area contributed by atoms with Gasteiger partial charge in [0.15, 0.2) is 5.96 Å². The molecule has 1 fully saturated rings. The molecule has 26 heavy (non-hydrogen) atoms. The van der Waals surface area contributed by atoms with Crippen molar-refractivity contribution in [2.75, 3.05) is 79.8 Å². The second kappa shape index (κ2) is 14.2. The Bertz CT molecular complexity index is 373. The Morgan fingerprint density at radius 2 is 1.96 bits per heavy atom. The summed E-state index contributed by atoms with van der Waals surface area (Å²) >= 11 is 0. The third-order valence-corrected chi connectivity index (χ3v) is 4.75. The lowest BCUT2D eigenvalue weighted by Gasteiger charge is -2.36. The minimum atomic E-state index is 0.467. The number of rotatable bonds is 12. The topological polar surface area (TPSA) is 61.4 Å². The Kier molecular flexibility index (Phi) is 12.6. The van der Waals surface area contributed by atoms with Crippen LogP contribution in [0.4, 0.5) is 0 Å². The molecule has 7 nitrogen and oxygen atoms in total. The maximum Gasteiger partial charge on any atom is 0.191 e. The molecule has 7 heteroatoms. The first-order valence-electron chi connectivity index (χ1n) is 10.1. The number of ether oxygens (including phenoxy) is 2. The van der Waals surface area contributed by atoms with Gasteiger partial charge in [0.2, 0.25) is 0 Å². The predicted molar refractivity (Wildman–Crippen MR) is 109 cm³/mol. The minimum absolute atomic E-state index is 0.467. The molecule has 1 unspecified atom stereocenters. The highest BCUT2D eigenvalue weighted by molar-refractivity contribution is 5.79. The summed E-state index contributed by atoms with van der Waals surface area (Å²) in [5.41, 5.74) is 0. The van der Waals surface area contributed by atoms with Crippen LogP contribution in [0, 0.1) is 5.92 Å². The van der Waals surface area contributed by atoms with E-state index < -0.39 is 0 Å². The maximum atomic E-state index is 5.49. The van der Waals surface area contributed by atoms with Crippen molar-refractivity contribution in [1.82, 2.24) is 20.4 Å². The summed E-state index contributed by atoms with van der Waals surface area (Å²) in [6.45, 7) is 15.8. The molecule has 154 valence electrons. The van der Waals surface area contributed by atoms with E-state index in [0.29, 0.717) is 12.0 Å². The molecule has 1 atom stereocenters. The van der Waals surface area contributed by atoms with Crippen LogP contribution < -0.4 is 10.6 Å². The summed E-state index contributed by atoms with van der Waals surface area (Å²) in [4.78, 5) is 9.67. The average Bonchev–Trinajstić information content (AvgIpc) is 2.64. The molecule has 1 aliphatic rings. The van der Waals surface area contributed by atoms with Crippen molar-refractivity contribution in [2.45, 2.75) is 33.2 Å². The third kappa shape index (κ3) is 9.71. The highest BCUT2D eigenvalue weighted by Crippen LogP contribution is 2.13. The van der Waals surface area contributed by atoms with Gasteiger partial charge in [0.1, 0.15) is 0 Å². The molecular formula is C19H41N5O2. The van der Waals surface area contributed by atoms with Crippen LogP contribution in [-0.4, -0.2) is 102 Å². The zero-order valence-corrected chi connectivity index (χ0v) is 17.6. The van der Waals surface area contributed by atoms with E-state index in [-0.39, 0.29) is 0 Å². The van der Waals surface area contributed by atoms with Crippen LogP contribution in [-0.2, 0) is 9.47 Å². The molecule has 1 rings (SSSR count). The lowest BCUT2D eigenvalue weighted by molar-refractivity contribution is 0.00867. The highest BCUT2D eigenvalue weighted by Gasteiger charge is 2.23. The minimum Gasteiger partial charge on any atom is -0.383 e. The summed E-state index contributed by atoms with van der Waals surface area (Å²) < 4.78 is 10.6. The Labute approximate surface area is 160 Å². The predicted octanol–water partition coefficient (Wildman–Crippen LogP) is 0.867. The van der Waals surface area contributed by atoms with Crippen molar-refractivity contribution in [3.63, 3.8) is 0 Å². The summed E-state index contributed by atoms with van der Waals surface area (Å²) in [7, 11) is 3.88. The van der Waals surface area contributed by atoms with E-state index >= 15 is 0 Å². The van der Waals surface area contributed by atoms with Gasteiger partial charge >= 0.3 is 0 Å². The quantitative estimate of drug-likeness (QED) is 0.302. The lowest BCUT2D eigenvalue weighted by Crippen LogP contribution is -2.48. The van der Waals surface area contributed by atoms with Crippen molar-refractivity contribution >= 4 is 5.96 Å². The van der Waals surface area contributed by atoms with E-state index in [9.17, 15) is 0 Å². The van der Waals surface area contributed by atoms with Gasteiger partial charge in [-0.25, -0.2) is 0 Å². The van der Waals surface area contributed by atoms with Crippen molar-refractivity contribution in [2.24, 2.45) is 10.9 Å². The maximum absolute atomic E-state index is 5.49. The van der Waals surface area contributed by atoms with Gasteiger partial charge in [0.05, 0.1) is 26.4 Å². The Balaban J connectivity index is 2.42. The van der Waals surface area contributed by atoms with Crippen molar-refractivity contribution in [3.05, 3.63) is 0 Å². The lowest BCUT2D eigenvalue weighted by atomic mass is 10.0. The van der Waals surface area contributed by atoms with Gasteiger partial charge in [0, 0.05) is 45.9 Å². The normalized spacial score (nSPS) is 17.7. The van der Waals surface area contributed by atoms with Gasteiger partial charge in [-0.15, -0.1) is 0 Å². The molecule has 0 aliphatic carbocycles. The third-order valence-electron chi connectivity index (χ3n) is 4.75. The molecule has 2 N–H and O–H groups in total. The number of morpholine rings is 1. The fraction of sp³-hybridized carbons (Fsp3) is 0.947. The average molecular weight is 372 g/mol. The van der Waals surface area contributed by atoms with Crippen LogP contribution in [0.2, 0.25) is 0 Å². The fourth-order valence-electron chi connectivity index (χ4n) is 3.10. The van der Waals surface area contributed by atoms with Gasteiger partial charge in [0.25, 0.3) is 0 Å². The molecule has 1 heterocycles. The number of hydrogen-bond donors (Lipinski definition) is 2. The first kappa shape index (κ1) is 23.1. The largest absolute Gasteiger partial charge is 0.383 e. The molecule has 1 aliphatic heterocycles.